The summed E-state index contributed by atoms with van der Waals surface area (Å²) in [4.78, 5) is 24.6. The maximum atomic E-state index is 11.9. The van der Waals surface area contributed by atoms with Crippen LogP contribution in [0.2, 0.25) is 5.02 Å². The van der Waals surface area contributed by atoms with Gasteiger partial charge < -0.3 is 4.52 Å². The number of carbonyl (C=O) groups is 1. The topological polar surface area (TPSA) is 80.7 Å². The van der Waals surface area contributed by atoms with Gasteiger partial charge in [0.25, 0.3) is 5.91 Å². The number of rotatable bonds is 3. The molecule has 1 atom stereocenters. The summed E-state index contributed by atoms with van der Waals surface area (Å²) in [5.74, 6) is 1.15. The van der Waals surface area contributed by atoms with Gasteiger partial charge in [0.2, 0.25) is 11.7 Å². The van der Waals surface area contributed by atoms with E-state index in [0.717, 1.165) is 11.3 Å². The molecule has 24 heavy (non-hydrogen) atoms. The molecular formula is C15H9ClN4O2S2. The highest BCUT2D eigenvalue weighted by molar-refractivity contribution is 8.13. The summed E-state index contributed by atoms with van der Waals surface area (Å²) in [6, 6.07) is 7.18. The fourth-order valence-corrected chi connectivity index (χ4v) is 3.77. The molecule has 0 fully saturated rings. The molecule has 1 unspecified atom stereocenters. The first-order valence-corrected chi connectivity index (χ1v) is 9.24. The quantitative estimate of drug-likeness (QED) is 0.814. The van der Waals surface area contributed by atoms with E-state index in [2.05, 4.69) is 20.1 Å². The first kappa shape index (κ1) is 15.6. The number of fused-ring (bicyclic) bond motifs is 1. The zero-order valence-corrected chi connectivity index (χ0v) is 14.4. The molecule has 2 aliphatic rings. The van der Waals surface area contributed by atoms with Crippen molar-refractivity contribution in [1.82, 2.24) is 10.1 Å². The van der Waals surface area contributed by atoms with Crippen LogP contribution in [0.3, 0.4) is 0 Å². The number of hydrogen-bond donors (Lipinski definition) is 0. The predicted octanol–water partition coefficient (Wildman–Crippen LogP) is 3.59. The maximum Gasteiger partial charge on any atom is 0.267 e. The SMILES string of the molecule is O=C1N=C(SCc2nc(-c3ccc(Cl)cc3)no2)N=C2C=CSC12. The van der Waals surface area contributed by atoms with E-state index < -0.39 is 0 Å². The average molecular weight is 377 g/mol. The van der Waals surface area contributed by atoms with Crippen molar-refractivity contribution in [2.45, 2.75) is 11.0 Å². The molecule has 0 spiro atoms. The van der Waals surface area contributed by atoms with Gasteiger partial charge in [0.05, 0.1) is 11.5 Å². The van der Waals surface area contributed by atoms with Gasteiger partial charge in [-0.25, -0.2) is 4.99 Å². The van der Waals surface area contributed by atoms with Crippen molar-refractivity contribution in [2.75, 3.05) is 0 Å². The smallest absolute Gasteiger partial charge is 0.267 e. The van der Waals surface area contributed by atoms with Gasteiger partial charge in [-0.15, -0.1) is 11.8 Å². The lowest BCUT2D eigenvalue weighted by Gasteiger charge is -2.11. The van der Waals surface area contributed by atoms with Crippen molar-refractivity contribution in [3.63, 3.8) is 0 Å². The van der Waals surface area contributed by atoms with Crippen molar-refractivity contribution >= 4 is 51.9 Å². The summed E-state index contributed by atoms with van der Waals surface area (Å²) in [6.07, 6.45) is 1.84. The molecule has 1 amide bonds. The number of amidine groups is 1. The Morgan fingerprint density at radius 1 is 1.25 bits per heavy atom. The Morgan fingerprint density at radius 3 is 2.92 bits per heavy atom. The third-order valence-electron chi connectivity index (χ3n) is 3.27. The van der Waals surface area contributed by atoms with Gasteiger partial charge in [0.15, 0.2) is 5.17 Å². The van der Waals surface area contributed by atoms with Crippen LogP contribution >= 0.6 is 35.1 Å². The third kappa shape index (κ3) is 3.17. The summed E-state index contributed by atoms with van der Waals surface area (Å²) in [5.41, 5.74) is 1.57. The van der Waals surface area contributed by atoms with Crippen LogP contribution < -0.4 is 0 Å². The number of aliphatic imine (C=N–C) groups is 2. The largest absolute Gasteiger partial charge is 0.338 e. The molecule has 1 aromatic carbocycles. The van der Waals surface area contributed by atoms with Gasteiger partial charge in [-0.1, -0.05) is 28.5 Å². The van der Waals surface area contributed by atoms with E-state index in [1.165, 1.54) is 23.5 Å². The maximum absolute atomic E-state index is 11.9. The van der Waals surface area contributed by atoms with Crippen molar-refractivity contribution in [3.8, 4) is 11.4 Å². The normalized spacial score (nSPS) is 19.2. The second-order valence-electron chi connectivity index (χ2n) is 4.90. The third-order valence-corrected chi connectivity index (χ3v) is 5.36. The fourth-order valence-electron chi connectivity index (χ4n) is 2.13. The Labute approximate surface area is 150 Å². The lowest BCUT2D eigenvalue weighted by atomic mass is 10.2. The monoisotopic (exact) mass is 376 g/mol. The second kappa shape index (κ2) is 6.54. The lowest BCUT2D eigenvalue weighted by Crippen LogP contribution is -2.26. The molecule has 120 valence electrons. The number of nitrogens with zero attached hydrogens (tertiary/aromatic N) is 4. The van der Waals surface area contributed by atoms with Crippen molar-refractivity contribution < 1.29 is 9.32 Å². The van der Waals surface area contributed by atoms with Gasteiger partial charge >= 0.3 is 0 Å². The molecule has 0 aliphatic carbocycles. The van der Waals surface area contributed by atoms with E-state index in [-0.39, 0.29) is 11.2 Å². The standard InChI is InChI=1S/C15H9ClN4O2S2/c16-9-3-1-8(2-4-9)13-18-11(22-20-13)7-24-15-17-10-5-6-23-12(10)14(21)19-15/h1-6,12H,7H2. The predicted molar refractivity (Wildman–Crippen MR) is 96.4 cm³/mol. The van der Waals surface area contributed by atoms with Gasteiger partial charge in [0, 0.05) is 10.6 Å². The van der Waals surface area contributed by atoms with Crippen LogP contribution in [0.5, 0.6) is 0 Å². The number of halogens is 1. The van der Waals surface area contributed by atoms with E-state index in [9.17, 15) is 4.79 Å². The minimum atomic E-state index is -0.283. The van der Waals surface area contributed by atoms with Crippen molar-refractivity contribution in [1.29, 1.82) is 0 Å². The first-order valence-electron chi connectivity index (χ1n) is 6.93. The Morgan fingerprint density at radius 2 is 2.08 bits per heavy atom. The molecule has 6 nitrogen and oxygen atoms in total. The van der Waals surface area contributed by atoms with Crippen LogP contribution in [0.4, 0.5) is 0 Å². The van der Waals surface area contributed by atoms with E-state index >= 15 is 0 Å². The summed E-state index contributed by atoms with van der Waals surface area (Å²) >= 11 is 8.58. The summed E-state index contributed by atoms with van der Waals surface area (Å²) in [5, 5.41) is 6.60. The molecule has 0 radical (unpaired) electrons. The Kier molecular flexibility index (Phi) is 4.26. The molecular weight excluding hydrogens is 368 g/mol. The molecule has 0 saturated heterocycles. The summed E-state index contributed by atoms with van der Waals surface area (Å²) in [6.45, 7) is 0. The van der Waals surface area contributed by atoms with Crippen molar-refractivity contribution in [2.24, 2.45) is 9.98 Å². The van der Waals surface area contributed by atoms with Crippen LogP contribution in [0.15, 0.2) is 50.3 Å². The van der Waals surface area contributed by atoms with Crippen LogP contribution in [-0.2, 0) is 10.5 Å². The van der Waals surface area contributed by atoms with Gasteiger partial charge in [-0.05, 0) is 35.7 Å². The number of carbonyl (C=O) groups excluding carboxylic acids is 1. The van der Waals surface area contributed by atoms with Gasteiger partial charge in [0.1, 0.15) is 5.25 Å². The van der Waals surface area contributed by atoms with Crippen LogP contribution in [0, 0.1) is 0 Å². The second-order valence-corrected chi connectivity index (χ2v) is 7.29. The molecule has 2 aliphatic heterocycles. The Balaban J connectivity index is 1.44. The Hall–Kier alpha value is -1.90. The van der Waals surface area contributed by atoms with Crippen LogP contribution in [0.25, 0.3) is 11.4 Å². The van der Waals surface area contributed by atoms with E-state index in [4.69, 9.17) is 16.1 Å². The zero-order valence-electron chi connectivity index (χ0n) is 12.0. The van der Waals surface area contributed by atoms with Gasteiger partial charge in [-0.2, -0.15) is 9.98 Å². The van der Waals surface area contributed by atoms with E-state index in [1.54, 1.807) is 12.1 Å². The zero-order chi connectivity index (χ0) is 16.5. The highest BCUT2D eigenvalue weighted by atomic mass is 35.5. The van der Waals surface area contributed by atoms with Gasteiger partial charge in [-0.3, -0.25) is 4.79 Å². The van der Waals surface area contributed by atoms with E-state index in [1.807, 2.05) is 23.6 Å². The number of hydrogen-bond acceptors (Lipinski definition) is 7. The first-order chi connectivity index (χ1) is 11.7. The number of benzene rings is 1. The molecule has 9 heteroatoms. The number of aromatic nitrogens is 2. The summed E-state index contributed by atoms with van der Waals surface area (Å²) < 4.78 is 5.23. The molecule has 0 bridgehead atoms. The van der Waals surface area contributed by atoms with Crippen LogP contribution in [-0.4, -0.2) is 32.2 Å². The average Bonchev–Trinajstić information content (AvgIpc) is 3.23. The number of amides is 1. The van der Waals surface area contributed by atoms with Crippen molar-refractivity contribution in [3.05, 3.63) is 46.7 Å². The highest BCUT2D eigenvalue weighted by Crippen LogP contribution is 2.28. The summed E-state index contributed by atoms with van der Waals surface area (Å²) in [7, 11) is 0. The fraction of sp³-hybridized carbons (Fsp3) is 0.133. The molecule has 4 rings (SSSR count). The molecule has 0 saturated carbocycles. The number of allylic oxidation sites excluding steroid dienone is 1. The van der Waals surface area contributed by atoms with Crippen LogP contribution in [0.1, 0.15) is 5.89 Å². The Bertz CT molecular complexity index is 889. The molecule has 1 aromatic heterocycles. The lowest BCUT2D eigenvalue weighted by molar-refractivity contribution is -0.116. The van der Waals surface area contributed by atoms with E-state index in [0.29, 0.717) is 27.7 Å². The minimum Gasteiger partial charge on any atom is -0.338 e. The molecule has 3 heterocycles. The minimum absolute atomic E-state index is 0.176. The molecule has 2 aromatic rings. The molecule has 0 N–H and O–H groups in total. The number of thioether (sulfide) groups is 2. The highest BCUT2D eigenvalue weighted by Gasteiger charge is 2.30.